The summed E-state index contributed by atoms with van der Waals surface area (Å²) in [5.41, 5.74) is 6.43. The van der Waals surface area contributed by atoms with Crippen LogP contribution in [0.1, 0.15) is 47.5 Å². The Kier molecular flexibility index (Phi) is 2.76. The van der Waals surface area contributed by atoms with Crippen molar-refractivity contribution < 1.29 is 0 Å². The Morgan fingerprint density at radius 3 is 1.42 bits per heavy atom. The third kappa shape index (κ3) is 1.24. The summed E-state index contributed by atoms with van der Waals surface area (Å²) in [5.74, 6) is 0.722. The molecule has 68 valence electrons. The Bertz CT molecular complexity index is 215. The van der Waals surface area contributed by atoms with E-state index in [1.165, 1.54) is 12.8 Å². The number of hydrogen-bond donors (Lipinski definition) is 0. The highest BCUT2D eigenvalue weighted by atomic mass is 14.3. The SMILES string of the molecule is CCC1=C(C)C(C)=C(CC)C1C. The van der Waals surface area contributed by atoms with Gasteiger partial charge in [-0.05, 0) is 43.8 Å². The molecule has 0 aromatic rings. The molecule has 0 amide bonds. The molecule has 0 unspecified atom stereocenters. The van der Waals surface area contributed by atoms with Gasteiger partial charge in [-0.25, -0.2) is 0 Å². The summed E-state index contributed by atoms with van der Waals surface area (Å²) >= 11 is 0. The molecule has 0 aromatic carbocycles. The summed E-state index contributed by atoms with van der Waals surface area (Å²) < 4.78 is 0. The lowest BCUT2D eigenvalue weighted by molar-refractivity contribution is 0.742. The average Bonchev–Trinajstić information content (AvgIpc) is 2.25. The normalized spacial score (nSPS) is 19.8. The summed E-state index contributed by atoms with van der Waals surface area (Å²) in [6.07, 6.45) is 2.43. The smallest absolute Gasteiger partial charge is 0.00100 e. The predicted octanol–water partition coefficient (Wildman–Crippen LogP) is 4.09. The maximum atomic E-state index is 2.34. The Hall–Kier alpha value is -0.520. The zero-order valence-electron chi connectivity index (χ0n) is 8.99. The molecule has 1 rings (SSSR count). The molecule has 0 atom stereocenters. The third-order valence-corrected chi connectivity index (χ3v) is 3.33. The monoisotopic (exact) mass is 164 g/mol. The maximum Gasteiger partial charge on any atom is -0.00100 e. The van der Waals surface area contributed by atoms with Gasteiger partial charge in [-0.1, -0.05) is 31.9 Å². The lowest BCUT2D eigenvalue weighted by Gasteiger charge is -2.11. The standard InChI is InChI=1S/C12H20/c1-6-11-8(3)9(4)12(7-2)10(11)5/h10H,6-7H2,1-5H3. The van der Waals surface area contributed by atoms with E-state index < -0.39 is 0 Å². The Morgan fingerprint density at radius 2 is 1.25 bits per heavy atom. The predicted molar refractivity (Wildman–Crippen MR) is 55.1 cm³/mol. The largest absolute Gasteiger partial charge is 0.0616 e. The van der Waals surface area contributed by atoms with E-state index in [4.69, 9.17) is 0 Å². The van der Waals surface area contributed by atoms with Crippen molar-refractivity contribution in [2.45, 2.75) is 47.5 Å². The van der Waals surface area contributed by atoms with Crippen molar-refractivity contribution in [1.82, 2.24) is 0 Å². The molecule has 0 nitrogen and oxygen atoms in total. The van der Waals surface area contributed by atoms with Crippen LogP contribution < -0.4 is 0 Å². The van der Waals surface area contributed by atoms with Crippen molar-refractivity contribution >= 4 is 0 Å². The van der Waals surface area contributed by atoms with E-state index in [1.54, 1.807) is 22.3 Å². The second kappa shape index (κ2) is 3.47. The first-order valence-corrected chi connectivity index (χ1v) is 5.03. The first kappa shape index (κ1) is 9.57. The fourth-order valence-electron chi connectivity index (χ4n) is 2.48. The van der Waals surface area contributed by atoms with Crippen molar-refractivity contribution in [3.63, 3.8) is 0 Å². The van der Waals surface area contributed by atoms with Crippen LogP contribution in [0, 0.1) is 5.92 Å². The minimum atomic E-state index is 0.722. The summed E-state index contributed by atoms with van der Waals surface area (Å²) in [7, 11) is 0. The minimum Gasteiger partial charge on any atom is -0.0616 e. The molecular weight excluding hydrogens is 144 g/mol. The second-order valence-corrected chi connectivity index (χ2v) is 3.73. The van der Waals surface area contributed by atoms with Gasteiger partial charge >= 0.3 is 0 Å². The van der Waals surface area contributed by atoms with Crippen molar-refractivity contribution in [1.29, 1.82) is 0 Å². The fraction of sp³-hybridized carbons (Fsp3) is 0.667. The molecule has 0 heteroatoms. The highest BCUT2D eigenvalue weighted by molar-refractivity contribution is 5.47. The molecule has 1 aliphatic rings. The summed E-state index contributed by atoms with van der Waals surface area (Å²) in [4.78, 5) is 0. The average molecular weight is 164 g/mol. The van der Waals surface area contributed by atoms with Gasteiger partial charge in [-0.3, -0.25) is 0 Å². The van der Waals surface area contributed by atoms with E-state index in [2.05, 4.69) is 34.6 Å². The van der Waals surface area contributed by atoms with Gasteiger partial charge in [0.05, 0.1) is 0 Å². The number of allylic oxidation sites excluding steroid dienone is 4. The lowest BCUT2D eigenvalue weighted by Crippen LogP contribution is -1.97. The Morgan fingerprint density at radius 1 is 0.917 bits per heavy atom. The first-order valence-electron chi connectivity index (χ1n) is 5.03. The van der Waals surface area contributed by atoms with E-state index in [-0.39, 0.29) is 0 Å². The van der Waals surface area contributed by atoms with Gasteiger partial charge in [-0.15, -0.1) is 0 Å². The topological polar surface area (TPSA) is 0 Å². The van der Waals surface area contributed by atoms with Crippen molar-refractivity contribution in [2.75, 3.05) is 0 Å². The van der Waals surface area contributed by atoms with Crippen molar-refractivity contribution in [3.05, 3.63) is 22.3 Å². The van der Waals surface area contributed by atoms with Crippen LogP contribution in [0.5, 0.6) is 0 Å². The van der Waals surface area contributed by atoms with Gasteiger partial charge in [0.2, 0.25) is 0 Å². The second-order valence-electron chi connectivity index (χ2n) is 3.73. The van der Waals surface area contributed by atoms with Crippen LogP contribution in [-0.4, -0.2) is 0 Å². The van der Waals surface area contributed by atoms with Crippen LogP contribution in [0.2, 0.25) is 0 Å². The highest BCUT2D eigenvalue weighted by Crippen LogP contribution is 2.39. The molecule has 0 radical (unpaired) electrons. The van der Waals surface area contributed by atoms with Crippen molar-refractivity contribution in [2.24, 2.45) is 5.92 Å². The van der Waals surface area contributed by atoms with Crippen molar-refractivity contribution in [3.8, 4) is 0 Å². The van der Waals surface area contributed by atoms with E-state index in [9.17, 15) is 0 Å². The van der Waals surface area contributed by atoms with E-state index in [1.807, 2.05) is 0 Å². The molecule has 0 aromatic heterocycles. The van der Waals surface area contributed by atoms with Crippen LogP contribution in [0.3, 0.4) is 0 Å². The van der Waals surface area contributed by atoms with Gasteiger partial charge in [0.15, 0.2) is 0 Å². The number of rotatable bonds is 2. The molecule has 0 fully saturated rings. The van der Waals surface area contributed by atoms with Gasteiger partial charge in [0, 0.05) is 0 Å². The summed E-state index contributed by atoms with van der Waals surface area (Å²) in [6.45, 7) is 11.4. The molecule has 0 bridgehead atoms. The molecule has 0 saturated heterocycles. The fourth-order valence-corrected chi connectivity index (χ4v) is 2.48. The maximum absolute atomic E-state index is 2.34. The molecule has 1 aliphatic carbocycles. The summed E-state index contributed by atoms with van der Waals surface area (Å²) in [5, 5.41) is 0. The van der Waals surface area contributed by atoms with Crippen LogP contribution in [0.4, 0.5) is 0 Å². The van der Waals surface area contributed by atoms with Gasteiger partial charge in [-0.2, -0.15) is 0 Å². The Labute approximate surface area is 76.4 Å². The zero-order valence-corrected chi connectivity index (χ0v) is 8.99. The molecule has 0 N–H and O–H groups in total. The van der Waals surface area contributed by atoms with E-state index in [0.29, 0.717) is 0 Å². The Balaban J connectivity index is 3.03. The van der Waals surface area contributed by atoms with Gasteiger partial charge in [0.25, 0.3) is 0 Å². The van der Waals surface area contributed by atoms with Gasteiger partial charge < -0.3 is 0 Å². The molecule has 0 aliphatic heterocycles. The van der Waals surface area contributed by atoms with E-state index >= 15 is 0 Å². The quantitative estimate of drug-likeness (QED) is 0.576. The van der Waals surface area contributed by atoms with Crippen LogP contribution in [0.25, 0.3) is 0 Å². The molecule has 0 spiro atoms. The zero-order chi connectivity index (χ0) is 9.30. The lowest BCUT2D eigenvalue weighted by atomic mass is 9.94. The molecular formula is C12H20. The molecule has 0 saturated carbocycles. The minimum absolute atomic E-state index is 0.722. The van der Waals surface area contributed by atoms with Crippen LogP contribution in [-0.2, 0) is 0 Å². The van der Waals surface area contributed by atoms with Gasteiger partial charge in [0.1, 0.15) is 0 Å². The van der Waals surface area contributed by atoms with Crippen LogP contribution in [0.15, 0.2) is 22.3 Å². The highest BCUT2D eigenvalue weighted by Gasteiger charge is 2.23. The van der Waals surface area contributed by atoms with Crippen LogP contribution >= 0.6 is 0 Å². The first-order chi connectivity index (χ1) is 5.63. The summed E-state index contributed by atoms with van der Waals surface area (Å²) in [6, 6.07) is 0. The number of hydrogen-bond acceptors (Lipinski definition) is 0. The molecule has 12 heavy (non-hydrogen) atoms. The van der Waals surface area contributed by atoms with E-state index in [0.717, 1.165) is 5.92 Å². The molecule has 0 heterocycles. The third-order valence-electron chi connectivity index (χ3n) is 3.33.